The summed E-state index contributed by atoms with van der Waals surface area (Å²) >= 11 is 0. The van der Waals surface area contributed by atoms with E-state index < -0.39 is 155 Å². The molecule has 0 aromatic rings. The Morgan fingerprint density at radius 1 is 0.646 bits per heavy atom. The van der Waals surface area contributed by atoms with Crippen molar-refractivity contribution >= 4 is 17.8 Å². The van der Waals surface area contributed by atoms with Crippen molar-refractivity contribution in [3.8, 4) is 0 Å². The first kappa shape index (κ1) is 73.2. The number of amides is 2. The summed E-state index contributed by atoms with van der Waals surface area (Å²) in [7, 11) is 0. The Hall–Kier alpha value is -3.05. The Morgan fingerprint density at radius 3 is 1.72 bits per heavy atom. The van der Waals surface area contributed by atoms with Crippen LogP contribution >= 0.6 is 0 Å². The van der Waals surface area contributed by atoms with Crippen LogP contribution in [0.4, 0.5) is 0 Å². The zero-order valence-corrected chi connectivity index (χ0v) is 48.8. The van der Waals surface area contributed by atoms with E-state index in [1.807, 2.05) is 6.08 Å². The third-order valence-corrected chi connectivity index (χ3v) is 15.3. The van der Waals surface area contributed by atoms with Crippen LogP contribution in [0.1, 0.15) is 181 Å². The molecule has 3 aliphatic heterocycles. The van der Waals surface area contributed by atoms with E-state index in [0.29, 0.717) is 12.8 Å². The number of rotatable bonds is 43. The Morgan fingerprint density at radius 2 is 1.17 bits per heavy atom. The fraction of sp³-hybridized carbons (Fsp3) is 0.847. The number of hydrogen-bond donors (Lipinski definition) is 14. The third kappa shape index (κ3) is 25.1. The summed E-state index contributed by atoms with van der Waals surface area (Å²) in [5.41, 5.74) is 0. The molecule has 23 nitrogen and oxygen atoms in total. The van der Waals surface area contributed by atoms with Gasteiger partial charge in [-0.1, -0.05) is 153 Å². The first-order chi connectivity index (χ1) is 39.4. The first-order valence-electron chi connectivity index (χ1n) is 30.4. The van der Waals surface area contributed by atoms with Crippen LogP contribution in [0.15, 0.2) is 36.5 Å². The van der Waals surface area contributed by atoms with Crippen molar-refractivity contribution in [2.75, 3.05) is 26.4 Å². The number of allylic oxidation sites excluding steroid dienone is 5. The van der Waals surface area contributed by atoms with Gasteiger partial charge in [-0.25, -0.2) is 4.79 Å². The highest BCUT2D eigenvalue weighted by Gasteiger charge is 2.60. The fourth-order valence-corrected chi connectivity index (χ4v) is 10.4. The molecule has 14 N–H and O–H groups in total. The molecule has 476 valence electrons. The van der Waals surface area contributed by atoms with Gasteiger partial charge in [0.1, 0.15) is 67.1 Å². The monoisotopic (exact) mass is 1180 g/mol. The van der Waals surface area contributed by atoms with Gasteiger partial charge >= 0.3 is 5.97 Å². The van der Waals surface area contributed by atoms with Crippen LogP contribution in [0.25, 0.3) is 0 Å². The molecule has 0 radical (unpaired) electrons. The molecule has 18 unspecified atom stereocenters. The molecule has 2 amide bonds. The molecule has 3 rings (SSSR count). The van der Waals surface area contributed by atoms with E-state index in [9.17, 15) is 75.7 Å². The summed E-state index contributed by atoms with van der Waals surface area (Å²) in [5.74, 6) is -6.16. The van der Waals surface area contributed by atoms with E-state index in [2.05, 4.69) is 48.8 Å². The lowest BCUT2D eigenvalue weighted by Gasteiger charge is -2.50. The summed E-state index contributed by atoms with van der Waals surface area (Å²) in [5, 5.41) is 135. The summed E-state index contributed by atoms with van der Waals surface area (Å²) in [6.45, 7) is 2.04. The van der Waals surface area contributed by atoms with Crippen molar-refractivity contribution in [1.82, 2.24) is 10.6 Å². The van der Waals surface area contributed by atoms with Crippen molar-refractivity contribution in [3.63, 3.8) is 0 Å². The second-order valence-corrected chi connectivity index (χ2v) is 22.2. The van der Waals surface area contributed by atoms with Crippen LogP contribution in [0.2, 0.25) is 0 Å². The van der Waals surface area contributed by atoms with Crippen LogP contribution in [0.3, 0.4) is 0 Å². The van der Waals surface area contributed by atoms with Gasteiger partial charge in [0.05, 0.1) is 50.7 Å². The lowest BCUT2D eigenvalue weighted by molar-refractivity contribution is -0.386. The Kier molecular flexibility index (Phi) is 36.7. The van der Waals surface area contributed by atoms with Crippen molar-refractivity contribution in [2.24, 2.45) is 0 Å². The van der Waals surface area contributed by atoms with Gasteiger partial charge in [-0.2, -0.15) is 0 Å². The highest BCUT2D eigenvalue weighted by Crippen LogP contribution is 2.38. The van der Waals surface area contributed by atoms with E-state index in [1.54, 1.807) is 6.08 Å². The Balaban J connectivity index is 1.68. The molecule has 3 saturated heterocycles. The van der Waals surface area contributed by atoms with Crippen molar-refractivity contribution in [2.45, 2.75) is 291 Å². The van der Waals surface area contributed by atoms with Crippen LogP contribution < -0.4 is 10.6 Å². The van der Waals surface area contributed by atoms with E-state index in [0.717, 1.165) is 71.1 Å². The normalized spacial score (nSPS) is 30.4. The van der Waals surface area contributed by atoms with E-state index >= 15 is 0 Å². The van der Waals surface area contributed by atoms with Gasteiger partial charge in [0, 0.05) is 19.8 Å². The minimum Gasteiger partial charge on any atom is -0.477 e. The van der Waals surface area contributed by atoms with Crippen molar-refractivity contribution in [1.29, 1.82) is 0 Å². The molecule has 0 aromatic carbocycles. The number of ether oxygens (including phenoxy) is 6. The molecule has 0 saturated carbocycles. The van der Waals surface area contributed by atoms with Gasteiger partial charge in [0.15, 0.2) is 12.6 Å². The van der Waals surface area contributed by atoms with Crippen LogP contribution in [-0.4, -0.2) is 215 Å². The molecule has 0 aliphatic carbocycles. The molecule has 0 aromatic heterocycles. The van der Waals surface area contributed by atoms with Gasteiger partial charge in [-0.3, -0.25) is 9.59 Å². The maximum absolute atomic E-state index is 13.3. The quantitative estimate of drug-likeness (QED) is 0.0237. The molecule has 82 heavy (non-hydrogen) atoms. The molecule has 0 bridgehead atoms. The molecule has 3 aliphatic rings. The Bertz CT molecular complexity index is 1830. The molecular weight excluding hydrogens is 1070 g/mol. The number of aliphatic hydroxyl groups is 11. The molecule has 3 heterocycles. The number of carboxylic acid groups (broad SMARTS) is 1. The van der Waals surface area contributed by atoms with Crippen LogP contribution in [0, 0.1) is 0 Å². The minimum atomic E-state index is -3.08. The standard InChI is InChI=1S/C59H104N2O21/c1-4-6-8-10-12-14-16-18-19-21-23-25-27-29-31-33-46(69)61-40(41(66)32-30-28-26-24-22-20-17-15-13-11-9-7-5-2)38-77-56-51(73)50(72)53(45(37-64)79-56)80-57-52(74)55(49(71)44(36-63)78-57)82-59(58(75)76)34-42(67)47(60-39(3)65)54(81-59)48(70)43(68)35-62/h12,14,16,18,30,32,40-45,47-57,62-64,66-68,70-74H,4-11,13,15,17,19-29,31,33-38H2,1-3H3,(H,60,65)(H,61,69)(H,75,76)/b14-12-,18-16-,32-30+. The molecule has 23 heteroatoms. The second kappa shape index (κ2) is 41.1. The summed E-state index contributed by atoms with van der Waals surface area (Å²) in [6.07, 6.45) is 7.82. The largest absolute Gasteiger partial charge is 0.477 e. The van der Waals surface area contributed by atoms with E-state index in [1.165, 1.54) is 70.6 Å². The maximum atomic E-state index is 13.3. The van der Waals surface area contributed by atoms with Crippen LogP contribution in [-0.2, 0) is 42.8 Å². The summed E-state index contributed by atoms with van der Waals surface area (Å²) < 4.78 is 34.6. The van der Waals surface area contributed by atoms with Crippen molar-refractivity contribution in [3.05, 3.63) is 36.5 Å². The highest BCUT2D eigenvalue weighted by atomic mass is 16.8. The fourth-order valence-electron chi connectivity index (χ4n) is 10.4. The summed E-state index contributed by atoms with van der Waals surface area (Å²) in [6, 6.07) is -2.62. The lowest BCUT2D eigenvalue weighted by Crippen LogP contribution is -2.70. The smallest absolute Gasteiger partial charge is 0.364 e. The number of carboxylic acids is 1. The predicted molar refractivity (Wildman–Crippen MR) is 301 cm³/mol. The number of aliphatic hydroxyl groups excluding tert-OH is 11. The topological polar surface area (TPSA) is 373 Å². The average Bonchev–Trinajstić information content (AvgIpc) is 3.03. The highest BCUT2D eigenvalue weighted by molar-refractivity contribution is 5.77. The lowest BCUT2D eigenvalue weighted by atomic mass is 9.88. The van der Waals surface area contributed by atoms with Gasteiger partial charge in [-0.15, -0.1) is 0 Å². The van der Waals surface area contributed by atoms with Gasteiger partial charge in [0.25, 0.3) is 5.79 Å². The number of carbonyl (C=O) groups is 3. The SMILES string of the molecule is CCCCC/C=C\C=C/CCCCCCCCC(=O)NC(COC1OC(CO)C(OC2OC(CO)C(O)C(OC3(C(=O)O)CC(O)C(NC(C)=O)C(C(O)C(O)CO)O3)C2O)C(O)C1O)C(O)/C=C/CCCCCCCCCCCCC. The van der Waals surface area contributed by atoms with E-state index in [4.69, 9.17) is 28.4 Å². The van der Waals surface area contributed by atoms with Crippen molar-refractivity contribution < 1.29 is 104 Å². The van der Waals surface area contributed by atoms with Crippen LogP contribution in [0.5, 0.6) is 0 Å². The maximum Gasteiger partial charge on any atom is 0.364 e. The average molecular weight is 1180 g/mol. The van der Waals surface area contributed by atoms with E-state index in [-0.39, 0.29) is 12.3 Å². The number of carbonyl (C=O) groups excluding carboxylic acids is 2. The third-order valence-electron chi connectivity index (χ3n) is 15.3. The molecule has 3 fully saturated rings. The van der Waals surface area contributed by atoms with Gasteiger partial charge in [-0.05, 0) is 44.9 Å². The number of nitrogens with one attached hydrogen (secondary N) is 2. The zero-order chi connectivity index (χ0) is 60.5. The molecular formula is C59H104N2O21. The zero-order valence-electron chi connectivity index (χ0n) is 48.8. The minimum absolute atomic E-state index is 0.185. The Labute approximate surface area is 485 Å². The molecule has 0 spiro atoms. The number of unbranched alkanes of at least 4 members (excludes halogenated alkanes) is 20. The van der Waals surface area contributed by atoms with Gasteiger partial charge in [0.2, 0.25) is 11.8 Å². The summed E-state index contributed by atoms with van der Waals surface area (Å²) in [4.78, 5) is 38.4. The number of aliphatic carboxylic acids is 1. The van der Waals surface area contributed by atoms with Gasteiger partial charge < -0.3 is 100 Å². The first-order valence-corrected chi connectivity index (χ1v) is 30.4. The number of hydrogen-bond acceptors (Lipinski definition) is 20. The molecule has 18 atom stereocenters. The second-order valence-electron chi connectivity index (χ2n) is 22.2. The predicted octanol–water partition coefficient (Wildman–Crippen LogP) is 2.72.